The van der Waals surface area contributed by atoms with Gasteiger partial charge in [0.05, 0.1) is 12.6 Å². The molecule has 0 aromatic carbocycles. The number of nitrogens with one attached hydrogen (secondary N) is 1. The predicted molar refractivity (Wildman–Crippen MR) is 83.1 cm³/mol. The van der Waals surface area contributed by atoms with Gasteiger partial charge in [-0.15, -0.1) is 0 Å². The summed E-state index contributed by atoms with van der Waals surface area (Å²) >= 11 is 0. The van der Waals surface area contributed by atoms with Crippen LogP contribution in [0.5, 0.6) is 0 Å². The lowest BCUT2D eigenvalue weighted by Crippen LogP contribution is -2.28. The lowest BCUT2D eigenvalue weighted by atomic mass is 10.1. The number of aromatic nitrogens is 3. The maximum absolute atomic E-state index is 11.7. The number of rotatable bonds is 6. The van der Waals surface area contributed by atoms with Gasteiger partial charge in [-0.3, -0.25) is 9.78 Å². The number of ether oxygens (including phenoxy) is 1. The van der Waals surface area contributed by atoms with Gasteiger partial charge in [0.25, 0.3) is 0 Å². The minimum absolute atomic E-state index is 0.0491. The largest absolute Gasteiger partial charge is 0.384 e. The van der Waals surface area contributed by atoms with E-state index in [1.807, 2.05) is 26.0 Å². The normalized spacial score (nSPS) is 12.0. The van der Waals surface area contributed by atoms with E-state index in [1.165, 1.54) is 0 Å². The van der Waals surface area contributed by atoms with Crippen LogP contribution in [0.1, 0.15) is 30.6 Å². The molecule has 0 aliphatic carbocycles. The minimum atomic E-state index is -0.143. The highest BCUT2D eigenvalue weighted by molar-refractivity contribution is 5.76. The van der Waals surface area contributed by atoms with Gasteiger partial charge in [-0.05, 0) is 26.0 Å². The van der Waals surface area contributed by atoms with Crippen molar-refractivity contribution < 1.29 is 9.53 Å². The van der Waals surface area contributed by atoms with Crippen molar-refractivity contribution in [2.45, 2.75) is 26.3 Å². The van der Waals surface area contributed by atoms with Crippen molar-refractivity contribution in [1.82, 2.24) is 20.3 Å². The fraction of sp³-hybridized carbons (Fsp3) is 0.375. The van der Waals surface area contributed by atoms with Crippen LogP contribution >= 0.6 is 0 Å². The van der Waals surface area contributed by atoms with E-state index >= 15 is 0 Å². The van der Waals surface area contributed by atoms with E-state index in [-0.39, 0.29) is 11.9 Å². The zero-order valence-electron chi connectivity index (χ0n) is 13.0. The van der Waals surface area contributed by atoms with Crippen LogP contribution in [0.3, 0.4) is 0 Å². The van der Waals surface area contributed by atoms with Gasteiger partial charge in [-0.25, -0.2) is 9.97 Å². The molecule has 0 saturated heterocycles. The number of methoxy groups -OCH3 is 1. The Morgan fingerprint density at radius 2 is 2.09 bits per heavy atom. The van der Waals surface area contributed by atoms with Crippen LogP contribution < -0.4 is 5.32 Å². The molecule has 116 valence electrons. The van der Waals surface area contributed by atoms with Gasteiger partial charge < -0.3 is 10.1 Å². The topological polar surface area (TPSA) is 77.0 Å². The molecule has 0 aliphatic rings. The number of pyridine rings is 1. The first-order chi connectivity index (χ1) is 10.6. The number of carbonyl (C=O) groups excluding carboxylic acids is 1. The molecule has 1 amide bonds. The van der Waals surface area contributed by atoms with Crippen molar-refractivity contribution in [3.05, 3.63) is 42.0 Å². The number of hydrogen-bond donors (Lipinski definition) is 1. The van der Waals surface area contributed by atoms with Gasteiger partial charge in [0, 0.05) is 48.9 Å². The predicted octanol–water partition coefficient (Wildman–Crippen LogP) is 2.06. The Morgan fingerprint density at radius 1 is 1.36 bits per heavy atom. The van der Waals surface area contributed by atoms with Crippen molar-refractivity contribution in [2.75, 3.05) is 13.7 Å². The fourth-order valence-electron chi connectivity index (χ4n) is 2.13. The van der Waals surface area contributed by atoms with Gasteiger partial charge in [0.2, 0.25) is 5.91 Å². The molecule has 6 heteroatoms. The Kier molecular flexibility index (Phi) is 5.55. The molecule has 2 aromatic rings. The van der Waals surface area contributed by atoms with Crippen LogP contribution in [0.25, 0.3) is 11.4 Å². The Bertz CT molecular complexity index is 631. The average molecular weight is 300 g/mol. The van der Waals surface area contributed by atoms with E-state index in [4.69, 9.17) is 4.74 Å². The first kappa shape index (κ1) is 16.0. The summed E-state index contributed by atoms with van der Waals surface area (Å²) < 4.78 is 4.90. The lowest BCUT2D eigenvalue weighted by Gasteiger charge is -2.16. The third kappa shape index (κ3) is 4.08. The van der Waals surface area contributed by atoms with Crippen molar-refractivity contribution in [2.24, 2.45) is 0 Å². The zero-order chi connectivity index (χ0) is 15.9. The van der Waals surface area contributed by atoms with Gasteiger partial charge in [0.15, 0.2) is 5.82 Å². The van der Waals surface area contributed by atoms with Crippen LogP contribution in [-0.4, -0.2) is 34.6 Å². The summed E-state index contributed by atoms with van der Waals surface area (Å²) in [6.07, 6.45) is 5.52. The van der Waals surface area contributed by atoms with Crippen LogP contribution in [0.2, 0.25) is 0 Å². The second-order valence-corrected chi connectivity index (χ2v) is 5.00. The third-order valence-corrected chi connectivity index (χ3v) is 3.33. The minimum Gasteiger partial charge on any atom is -0.384 e. The number of hydrogen-bond acceptors (Lipinski definition) is 5. The third-order valence-electron chi connectivity index (χ3n) is 3.33. The maximum atomic E-state index is 11.7. The van der Waals surface area contributed by atoms with Crippen molar-refractivity contribution in [1.29, 1.82) is 0 Å². The van der Waals surface area contributed by atoms with Crippen molar-refractivity contribution in [3.8, 4) is 11.4 Å². The van der Waals surface area contributed by atoms with Gasteiger partial charge in [-0.1, -0.05) is 0 Å². The fourth-order valence-corrected chi connectivity index (χ4v) is 2.13. The van der Waals surface area contributed by atoms with E-state index in [9.17, 15) is 4.79 Å². The molecule has 2 heterocycles. The molecule has 1 N–H and O–H groups in total. The summed E-state index contributed by atoms with van der Waals surface area (Å²) in [7, 11) is 1.58. The first-order valence-electron chi connectivity index (χ1n) is 7.14. The number of amides is 1. The van der Waals surface area contributed by atoms with Gasteiger partial charge >= 0.3 is 0 Å². The molecule has 0 radical (unpaired) electrons. The smallest absolute Gasteiger partial charge is 0.222 e. The molecule has 0 spiro atoms. The molecule has 0 saturated carbocycles. The highest BCUT2D eigenvalue weighted by atomic mass is 16.5. The SMILES string of the molecule is COCCC(=O)N[C@@H](C)c1cnc(-c2ccncc2)nc1C. The van der Waals surface area contributed by atoms with Crippen LogP contribution in [0, 0.1) is 6.92 Å². The molecule has 0 unspecified atom stereocenters. The molecule has 0 aliphatic heterocycles. The summed E-state index contributed by atoms with van der Waals surface area (Å²) in [4.78, 5) is 24.6. The molecule has 22 heavy (non-hydrogen) atoms. The standard InChI is InChI=1S/C16H20N4O2/c1-11(19-15(21)6-9-22-3)14-10-18-16(20-12(14)2)13-4-7-17-8-5-13/h4-5,7-8,10-11H,6,9H2,1-3H3,(H,19,21)/t11-/m0/s1. The molecule has 0 fully saturated rings. The van der Waals surface area contributed by atoms with E-state index in [2.05, 4.69) is 20.3 Å². The monoisotopic (exact) mass is 300 g/mol. The summed E-state index contributed by atoms with van der Waals surface area (Å²) in [5.41, 5.74) is 2.67. The summed E-state index contributed by atoms with van der Waals surface area (Å²) in [5, 5.41) is 2.92. The molecule has 2 aromatic heterocycles. The van der Waals surface area contributed by atoms with Crippen molar-refractivity contribution >= 4 is 5.91 Å². The van der Waals surface area contributed by atoms with Gasteiger partial charge in [-0.2, -0.15) is 0 Å². The van der Waals surface area contributed by atoms with Crippen LogP contribution in [0.4, 0.5) is 0 Å². The highest BCUT2D eigenvalue weighted by Gasteiger charge is 2.14. The van der Waals surface area contributed by atoms with Gasteiger partial charge in [0.1, 0.15) is 0 Å². The Morgan fingerprint density at radius 3 is 2.73 bits per heavy atom. The average Bonchev–Trinajstić information content (AvgIpc) is 2.53. The number of aryl methyl sites for hydroxylation is 1. The number of carbonyl (C=O) groups is 1. The molecular formula is C16H20N4O2. The van der Waals surface area contributed by atoms with E-state index in [0.29, 0.717) is 18.9 Å². The van der Waals surface area contributed by atoms with E-state index < -0.39 is 0 Å². The molecule has 6 nitrogen and oxygen atoms in total. The second-order valence-electron chi connectivity index (χ2n) is 5.00. The summed E-state index contributed by atoms with van der Waals surface area (Å²) in [6, 6.07) is 3.59. The molecule has 1 atom stereocenters. The summed E-state index contributed by atoms with van der Waals surface area (Å²) in [6.45, 7) is 4.25. The molecule has 0 bridgehead atoms. The van der Waals surface area contributed by atoms with E-state index in [1.54, 1.807) is 25.7 Å². The van der Waals surface area contributed by atoms with Crippen molar-refractivity contribution in [3.63, 3.8) is 0 Å². The first-order valence-corrected chi connectivity index (χ1v) is 7.14. The highest BCUT2D eigenvalue weighted by Crippen LogP contribution is 2.19. The number of nitrogens with zero attached hydrogens (tertiary/aromatic N) is 3. The lowest BCUT2D eigenvalue weighted by molar-refractivity contribution is -0.122. The molecule has 2 rings (SSSR count). The quantitative estimate of drug-likeness (QED) is 0.883. The Balaban J connectivity index is 2.11. The molecular weight excluding hydrogens is 280 g/mol. The van der Waals surface area contributed by atoms with Crippen LogP contribution in [-0.2, 0) is 9.53 Å². The Hall–Kier alpha value is -2.34. The Labute approximate surface area is 130 Å². The van der Waals surface area contributed by atoms with E-state index in [0.717, 1.165) is 16.8 Å². The maximum Gasteiger partial charge on any atom is 0.222 e. The second kappa shape index (κ2) is 7.61. The zero-order valence-corrected chi connectivity index (χ0v) is 13.0. The summed E-state index contributed by atoms with van der Waals surface area (Å²) in [5.74, 6) is 0.605. The van der Waals surface area contributed by atoms with Crippen LogP contribution in [0.15, 0.2) is 30.7 Å².